The molecule has 2 nitrogen and oxygen atoms in total. The number of nitrogens with two attached hydrogens (primary N) is 1. The Morgan fingerprint density at radius 2 is 2.13 bits per heavy atom. The van der Waals surface area contributed by atoms with Crippen molar-refractivity contribution in [2.75, 3.05) is 13.7 Å². The number of halogens is 2. The summed E-state index contributed by atoms with van der Waals surface area (Å²) in [6, 6.07) is 2.01. The summed E-state index contributed by atoms with van der Waals surface area (Å²) in [4.78, 5) is 0. The first-order chi connectivity index (χ1) is 7.19. The van der Waals surface area contributed by atoms with Gasteiger partial charge in [-0.3, -0.25) is 0 Å². The maximum absolute atomic E-state index is 13.2. The lowest BCUT2D eigenvalue weighted by Gasteiger charge is -2.06. The predicted octanol–water partition coefficient (Wildman–Crippen LogP) is 2.34. The highest BCUT2D eigenvalue weighted by Gasteiger charge is 2.09. The van der Waals surface area contributed by atoms with Gasteiger partial charge in [0, 0.05) is 11.6 Å². The molecule has 4 heteroatoms. The molecule has 2 N–H and O–H groups in total. The van der Waals surface area contributed by atoms with Crippen molar-refractivity contribution in [3.63, 3.8) is 0 Å². The molecule has 0 spiro atoms. The van der Waals surface area contributed by atoms with Crippen molar-refractivity contribution in [2.24, 2.45) is 5.73 Å². The van der Waals surface area contributed by atoms with Crippen LogP contribution in [0.3, 0.4) is 0 Å². The van der Waals surface area contributed by atoms with Gasteiger partial charge in [-0.2, -0.15) is 0 Å². The smallest absolute Gasteiger partial charge is 0.168 e. The molecule has 0 aromatic heterocycles. The van der Waals surface area contributed by atoms with Gasteiger partial charge in [0.25, 0.3) is 0 Å². The SMILES string of the molecule is COc1c(F)cc(F)cc1C=CCCN. The Morgan fingerprint density at radius 3 is 2.73 bits per heavy atom. The van der Waals surface area contributed by atoms with Gasteiger partial charge >= 0.3 is 0 Å². The number of hydrogen-bond donors (Lipinski definition) is 1. The van der Waals surface area contributed by atoms with Crippen molar-refractivity contribution in [3.05, 3.63) is 35.4 Å². The fourth-order valence-corrected chi connectivity index (χ4v) is 1.23. The molecule has 1 aromatic carbocycles. The lowest BCUT2D eigenvalue weighted by Crippen LogP contribution is -1.96. The molecule has 0 saturated carbocycles. The van der Waals surface area contributed by atoms with Crippen LogP contribution in [0.25, 0.3) is 6.08 Å². The third-order valence-electron chi connectivity index (χ3n) is 1.87. The summed E-state index contributed by atoms with van der Waals surface area (Å²) in [5, 5.41) is 0. The van der Waals surface area contributed by atoms with E-state index in [1.807, 2.05) is 0 Å². The highest BCUT2D eigenvalue weighted by molar-refractivity contribution is 5.57. The summed E-state index contributed by atoms with van der Waals surface area (Å²) in [6.07, 6.45) is 4.00. The molecule has 0 aliphatic heterocycles. The molecule has 0 unspecified atom stereocenters. The van der Waals surface area contributed by atoms with Crippen LogP contribution >= 0.6 is 0 Å². The fraction of sp³-hybridized carbons (Fsp3) is 0.273. The molecule has 0 fully saturated rings. The molecule has 15 heavy (non-hydrogen) atoms. The largest absolute Gasteiger partial charge is 0.493 e. The molecular formula is C11H13F2NO. The van der Waals surface area contributed by atoms with Crippen LogP contribution in [0.1, 0.15) is 12.0 Å². The standard InChI is InChI=1S/C11H13F2NO/c1-15-11-8(4-2-3-5-14)6-9(12)7-10(11)13/h2,4,6-7H,3,5,14H2,1H3. The van der Waals surface area contributed by atoms with Gasteiger partial charge < -0.3 is 10.5 Å². The van der Waals surface area contributed by atoms with E-state index in [2.05, 4.69) is 0 Å². The van der Waals surface area contributed by atoms with Crippen LogP contribution < -0.4 is 10.5 Å². The van der Waals surface area contributed by atoms with Gasteiger partial charge in [-0.05, 0) is 19.0 Å². The van der Waals surface area contributed by atoms with Gasteiger partial charge in [0.15, 0.2) is 11.6 Å². The zero-order valence-electron chi connectivity index (χ0n) is 8.47. The Morgan fingerprint density at radius 1 is 1.40 bits per heavy atom. The highest BCUT2D eigenvalue weighted by atomic mass is 19.1. The lowest BCUT2D eigenvalue weighted by molar-refractivity contribution is 0.383. The van der Waals surface area contributed by atoms with E-state index in [0.717, 1.165) is 6.07 Å². The Bertz CT molecular complexity index is 364. The molecule has 0 aliphatic carbocycles. The number of methoxy groups -OCH3 is 1. The summed E-state index contributed by atoms with van der Waals surface area (Å²) in [7, 11) is 1.34. The summed E-state index contributed by atoms with van der Waals surface area (Å²) >= 11 is 0. The molecule has 1 rings (SSSR count). The number of hydrogen-bond acceptors (Lipinski definition) is 2. The van der Waals surface area contributed by atoms with Gasteiger partial charge in [-0.25, -0.2) is 8.78 Å². The summed E-state index contributed by atoms with van der Waals surface area (Å²) in [5.74, 6) is -1.28. The molecule has 0 heterocycles. The fourth-order valence-electron chi connectivity index (χ4n) is 1.23. The first-order valence-electron chi connectivity index (χ1n) is 4.58. The Hall–Kier alpha value is -1.42. The average Bonchev–Trinajstić information content (AvgIpc) is 2.17. The van der Waals surface area contributed by atoms with Crippen LogP contribution in [0.15, 0.2) is 18.2 Å². The summed E-state index contributed by atoms with van der Waals surface area (Å²) in [5.41, 5.74) is 5.67. The summed E-state index contributed by atoms with van der Waals surface area (Å²) < 4.78 is 30.9. The molecular weight excluding hydrogens is 200 g/mol. The molecule has 0 radical (unpaired) electrons. The first kappa shape index (κ1) is 11.7. The minimum atomic E-state index is -0.704. The second-order valence-electron chi connectivity index (χ2n) is 2.99. The Labute approximate surface area is 87.4 Å². The lowest BCUT2D eigenvalue weighted by atomic mass is 10.1. The second-order valence-corrected chi connectivity index (χ2v) is 2.99. The first-order valence-corrected chi connectivity index (χ1v) is 4.58. The van der Waals surface area contributed by atoms with Gasteiger partial charge in [-0.15, -0.1) is 0 Å². The number of benzene rings is 1. The van der Waals surface area contributed by atoms with Crippen LogP contribution in [-0.4, -0.2) is 13.7 Å². The maximum atomic E-state index is 13.2. The number of rotatable bonds is 4. The van der Waals surface area contributed by atoms with Crippen molar-refractivity contribution in [1.82, 2.24) is 0 Å². The van der Waals surface area contributed by atoms with Gasteiger partial charge in [0.05, 0.1) is 7.11 Å². The zero-order chi connectivity index (χ0) is 11.3. The molecule has 0 atom stereocenters. The van der Waals surface area contributed by atoms with E-state index in [0.29, 0.717) is 18.5 Å². The molecule has 1 aromatic rings. The van der Waals surface area contributed by atoms with Crippen LogP contribution in [0.2, 0.25) is 0 Å². The van der Waals surface area contributed by atoms with E-state index in [1.54, 1.807) is 12.2 Å². The van der Waals surface area contributed by atoms with E-state index in [1.165, 1.54) is 13.2 Å². The molecule has 0 aliphatic rings. The van der Waals surface area contributed by atoms with Crippen LogP contribution in [0.5, 0.6) is 5.75 Å². The third kappa shape index (κ3) is 3.02. The molecule has 82 valence electrons. The molecule has 0 bridgehead atoms. The molecule has 0 amide bonds. The average molecular weight is 213 g/mol. The minimum absolute atomic E-state index is 0.0460. The van der Waals surface area contributed by atoms with Gasteiger partial charge in [0.1, 0.15) is 5.82 Å². The quantitative estimate of drug-likeness (QED) is 0.833. The number of ether oxygens (including phenoxy) is 1. The van der Waals surface area contributed by atoms with Crippen LogP contribution in [-0.2, 0) is 0 Å². The zero-order valence-corrected chi connectivity index (χ0v) is 8.47. The van der Waals surface area contributed by atoms with E-state index in [9.17, 15) is 8.78 Å². The predicted molar refractivity (Wildman–Crippen MR) is 55.6 cm³/mol. The Kier molecular flexibility index (Phi) is 4.24. The van der Waals surface area contributed by atoms with Crippen LogP contribution in [0, 0.1) is 11.6 Å². The minimum Gasteiger partial charge on any atom is -0.493 e. The summed E-state index contributed by atoms with van der Waals surface area (Å²) in [6.45, 7) is 0.497. The van der Waals surface area contributed by atoms with Gasteiger partial charge in [-0.1, -0.05) is 12.2 Å². The maximum Gasteiger partial charge on any atom is 0.168 e. The Balaban J connectivity index is 3.03. The highest BCUT2D eigenvalue weighted by Crippen LogP contribution is 2.25. The van der Waals surface area contributed by atoms with E-state index >= 15 is 0 Å². The second kappa shape index (κ2) is 5.46. The van der Waals surface area contributed by atoms with Crippen molar-refractivity contribution in [2.45, 2.75) is 6.42 Å². The van der Waals surface area contributed by atoms with Crippen molar-refractivity contribution in [3.8, 4) is 5.75 Å². The topological polar surface area (TPSA) is 35.2 Å². The van der Waals surface area contributed by atoms with E-state index < -0.39 is 11.6 Å². The third-order valence-corrected chi connectivity index (χ3v) is 1.87. The monoisotopic (exact) mass is 213 g/mol. The normalized spacial score (nSPS) is 10.9. The van der Waals surface area contributed by atoms with Crippen molar-refractivity contribution in [1.29, 1.82) is 0 Å². The van der Waals surface area contributed by atoms with Crippen molar-refractivity contribution >= 4 is 6.08 Å². The van der Waals surface area contributed by atoms with Crippen LogP contribution in [0.4, 0.5) is 8.78 Å². The van der Waals surface area contributed by atoms with Crippen molar-refractivity contribution < 1.29 is 13.5 Å². The van der Waals surface area contributed by atoms with E-state index in [4.69, 9.17) is 10.5 Å². The molecule has 0 saturated heterocycles. The van der Waals surface area contributed by atoms with E-state index in [-0.39, 0.29) is 5.75 Å². The van der Waals surface area contributed by atoms with Gasteiger partial charge in [0.2, 0.25) is 0 Å².